The molecule has 2 aliphatic rings. The Morgan fingerprint density at radius 1 is 1.11 bits per heavy atom. The van der Waals surface area contributed by atoms with E-state index in [4.69, 9.17) is 4.74 Å². The van der Waals surface area contributed by atoms with Crippen LogP contribution in [0.3, 0.4) is 0 Å². The van der Waals surface area contributed by atoms with Gasteiger partial charge in [-0.25, -0.2) is 0 Å². The number of nitrogens with zero attached hydrogens (tertiary/aromatic N) is 3. The third-order valence-corrected chi connectivity index (χ3v) is 4.94. The van der Waals surface area contributed by atoms with Gasteiger partial charge in [0.25, 0.3) is 5.69 Å². The van der Waals surface area contributed by atoms with E-state index in [0.717, 1.165) is 22.6 Å². The van der Waals surface area contributed by atoms with Crippen LogP contribution in [0.5, 0.6) is 5.75 Å². The van der Waals surface area contributed by atoms with E-state index in [1.165, 1.54) is 6.07 Å². The van der Waals surface area contributed by atoms with Gasteiger partial charge in [-0.2, -0.15) is 5.01 Å². The van der Waals surface area contributed by atoms with E-state index in [0.29, 0.717) is 5.56 Å². The normalized spacial score (nSPS) is 20.4. The second-order valence-corrected chi connectivity index (χ2v) is 6.65. The van der Waals surface area contributed by atoms with E-state index in [1.807, 2.05) is 47.5 Å². The monoisotopic (exact) mass is 372 g/mol. The smallest absolute Gasteiger partial charge is 0.269 e. The largest absolute Gasteiger partial charge is 0.469 e. The number of benzene rings is 2. The van der Waals surface area contributed by atoms with Gasteiger partial charge in [-0.3, -0.25) is 15.1 Å². The summed E-state index contributed by atoms with van der Waals surface area (Å²) in [4.78, 5) is 15.0. The molecular formula is C21H16N4O3. The topological polar surface area (TPSA) is 80.5 Å². The lowest BCUT2D eigenvalue weighted by Gasteiger charge is -2.38. The molecule has 0 saturated carbocycles. The summed E-state index contributed by atoms with van der Waals surface area (Å²) in [5.41, 5.74) is 7.08. The summed E-state index contributed by atoms with van der Waals surface area (Å²) in [6, 6.07) is 18.2. The standard InChI is InChI=1S/C21H16N4O3/c26-25(27)16-7-3-5-14(11-16)21-24-19(17-8-1-2-9-20(17)28-21)12-18(23-24)15-6-4-10-22-13-15/h1-13,19,21,23H/t19-,21-/m1/s1. The second-order valence-electron chi connectivity index (χ2n) is 6.65. The number of pyridine rings is 1. The number of hydrazine groups is 1. The fourth-order valence-electron chi connectivity index (χ4n) is 3.64. The Morgan fingerprint density at radius 3 is 2.82 bits per heavy atom. The number of nitro benzene ring substituents is 1. The van der Waals surface area contributed by atoms with Gasteiger partial charge < -0.3 is 10.2 Å². The van der Waals surface area contributed by atoms with Crippen LogP contribution in [0.4, 0.5) is 5.69 Å². The number of para-hydroxylation sites is 1. The first-order valence-corrected chi connectivity index (χ1v) is 8.88. The van der Waals surface area contributed by atoms with Crippen molar-refractivity contribution in [2.75, 3.05) is 0 Å². The molecule has 138 valence electrons. The van der Waals surface area contributed by atoms with E-state index in [1.54, 1.807) is 24.5 Å². The molecule has 28 heavy (non-hydrogen) atoms. The van der Waals surface area contributed by atoms with Crippen LogP contribution in [0, 0.1) is 10.1 Å². The van der Waals surface area contributed by atoms with Gasteiger partial charge in [0.1, 0.15) is 5.75 Å². The van der Waals surface area contributed by atoms with Crippen molar-refractivity contribution in [3.8, 4) is 5.75 Å². The average molecular weight is 372 g/mol. The predicted molar refractivity (Wildman–Crippen MR) is 103 cm³/mol. The minimum Gasteiger partial charge on any atom is -0.469 e. The number of nitrogens with one attached hydrogen (secondary N) is 1. The minimum atomic E-state index is -0.509. The molecule has 1 N–H and O–H groups in total. The maximum Gasteiger partial charge on any atom is 0.269 e. The number of nitro groups is 1. The van der Waals surface area contributed by atoms with Crippen LogP contribution in [-0.4, -0.2) is 14.9 Å². The van der Waals surface area contributed by atoms with E-state index >= 15 is 0 Å². The van der Waals surface area contributed by atoms with Crippen LogP contribution < -0.4 is 10.2 Å². The molecule has 3 heterocycles. The molecule has 0 saturated heterocycles. The summed E-state index contributed by atoms with van der Waals surface area (Å²) in [6.07, 6.45) is 5.15. The van der Waals surface area contributed by atoms with Crippen molar-refractivity contribution < 1.29 is 9.66 Å². The van der Waals surface area contributed by atoms with Gasteiger partial charge in [-0.15, -0.1) is 0 Å². The summed E-state index contributed by atoms with van der Waals surface area (Å²) in [5, 5.41) is 13.2. The SMILES string of the molecule is O=[N+]([O-])c1cccc([C@H]2Oc3ccccc3[C@H]3C=C(c4cccnc4)NN32)c1. The summed E-state index contributed by atoms with van der Waals surface area (Å²) in [5.74, 6) is 0.769. The van der Waals surface area contributed by atoms with Gasteiger partial charge in [0.15, 0.2) is 6.23 Å². The molecule has 0 bridgehead atoms. The molecule has 1 aromatic heterocycles. The molecule has 0 unspecified atom stereocenters. The Hall–Kier alpha value is -3.71. The molecule has 3 aromatic rings. The van der Waals surface area contributed by atoms with Gasteiger partial charge in [-0.05, 0) is 24.3 Å². The molecule has 7 heteroatoms. The summed E-state index contributed by atoms with van der Waals surface area (Å²) in [6.45, 7) is 0. The molecule has 2 aromatic carbocycles. The number of rotatable bonds is 3. The van der Waals surface area contributed by atoms with E-state index in [-0.39, 0.29) is 11.7 Å². The number of ether oxygens (including phenoxy) is 1. The van der Waals surface area contributed by atoms with Crippen molar-refractivity contribution >= 4 is 11.4 Å². The van der Waals surface area contributed by atoms with Gasteiger partial charge in [0, 0.05) is 41.2 Å². The van der Waals surface area contributed by atoms with Crippen molar-refractivity contribution in [1.29, 1.82) is 0 Å². The van der Waals surface area contributed by atoms with Crippen molar-refractivity contribution in [3.05, 3.63) is 106 Å². The highest BCUT2D eigenvalue weighted by Gasteiger charge is 2.40. The van der Waals surface area contributed by atoms with Crippen LogP contribution in [0.25, 0.3) is 5.70 Å². The Bertz CT molecular complexity index is 1080. The third kappa shape index (κ3) is 2.69. The maximum atomic E-state index is 11.2. The number of aromatic nitrogens is 1. The molecule has 2 atom stereocenters. The zero-order valence-electron chi connectivity index (χ0n) is 14.7. The zero-order valence-corrected chi connectivity index (χ0v) is 14.7. The van der Waals surface area contributed by atoms with Crippen LogP contribution in [0.2, 0.25) is 0 Å². The fraction of sp³-hybridized carbons (Fsp3) is 0.0952. The third-order valence-electron chi connectivity index (χ3n) is 4.94. The molecule has 7 nitrogen and oxygen atoms in total. The lowest BCUT2D eigenvalue weighted by atomic mass is 10.0. The Morgan fingerprint density at radius 2 is 2.00 bits per heavy atom. The number of hydrogen-bond acceptors (Lipinski definition) is 6. The van der Waals surface area contributed by atoms with E-state index in [2.05, 4.69) is 16.5 Å². The molecule has 0 fully saturated rings. The highest BCUT2D eigenvalue weighted by molar-refractivity contribution is 5.66. The Balaban J connectivity index is 1.59. The number of fused-ring (bicyclic) bond motifs is 3. The quantitative estimate of drug-likeness (QED) is 0.553. The van der Waals surface area contributed by atoms with Crippen molar-refractivity contribution in [3.63, 3.8) is 0 Å². The molecule has 0 spiro atoms. The van der Waals surface area contributed by atoms with Crippen LogP contribution in [0.1, 0.15) is 29.0 Å². The first-order valence-electron chi connectivity index (χ1n) is 8.88. The second kappa shape index (κ2) is 6.47. The summed E-state index contributed by atoms with van der Waals surface area (Å²) >= 11 is 0. The maximum absolute atomic E-state index is 11.2. The highest BCUT2D eigenvalue weighted by Crippen LogP contribution is 2.45. The molecule has 2 aliphatic heterocycles. The van der Waals surface area contributed by atoms with Gasteiger partial charge in [-0.1, -0.05) is 30.3 Å². The van der Waals surface area contributed by atoms with Crippen molar-refractivity contribution in [1.82, 2.24) is 15.4 Å². The molecule has 0 amide bonds. The Labute approximate surface area is 161 Å². The fourth-order valence-corrected chi connectivity index (χ4v) is 3.64. The van der Waals surface area contributed by atoms with Crippen LogP contribution in [-0.2, 0) is 0 Å². The van der Waals surface area contributed by atoms with Gasteiger partial charge in [0.05, 0.1) is 16.7 Å². The molecule has 5 rings (SSSR count). The zero-order chi connectivity index (χ0) is 19.1. The highest BCUT2D eigenvalue weighted by atomic mass is 16.6. The molecular weight excluding hydrogens is 356 g/mol. The van der Waals surface area contributed by atoms with Crippen LogP contribution in [0.15, 0.2) is 79.1 Å². The van der Waals surface area contributed by atoms with E-state index < -0.39 is 11.2 Å². The van der Waals surface area contributed by atoms with Gasteiger partial charge in [0.2, 0.25) is 0 Å². The Kier molecular flexibility index (Phi) is 3.80. The van der Waals surface area contributed by atoms with Crippen molar-refractivity contribution in [2.45, 2.75) is 12.3 Å². The number of hydrogen-bond donors (Lipinski definition) is 1. The first kappa shape index (κ1) is 16.5. The minimum absolute atomic E-state index is 0.0381. The lowest BCUT2D eigenvalue weighted by Crippen LogP contribution is -2.43. The molecule has 0 radical (unpaired) electrons. The van der Waals surface area contributed by atoms with Crippen molar-refractivity contribution in [2.24, 2.45) is 0 Å². The first-order chi connectivity index (χ1) is 13.7. The lowest BCUT2D eigenvalue weighted by molar-refractivity contribution is -0.385. The van der Waals surface area contributed by atoms with Crippen LogP contribution >= 0.6 is 0 Å². The van der Waals surface area contributed by atoms with Gasteiger partial charge >= 0.3 is 0 Å². The summed E-state index contributed by atoms with van der Waals surface area (Å²) in [7, 11) is 0. The average Bonchev–Trinajstić information content (AvgIpc) is 3.20. The summed E-state index contributed by atoms with van der Waals surface area (Å²) < 4.78 is 6.24. The van der Waals surface area contributed by atoms with E-state index in [9.17, 15) is 10.1 Å². The number of non-ortho nitro benzene ring substituents is 1. The molecule has 0 aliphatic carbocycles. The predicted octanol–water partition coefficient (Wildman–Crippen LogP) is 3.98.